The van der Waals surface area contributed by atoms with Gasteiger partial charge in [-0.05, 0) is 30.6 Å². The number of nitrogens with one attached hydrogen (secondary N) is 1. The highest BCUT2D eigenvalue weighted by Crippen LogP contribution is 2.25. The molecule has 0 aromatic heterocycles. The van der Waals surface area contributed by atoms with Crippen molar-refractivity contribution in [2.24, 2.45) is 4.99 Å². The molecule has 7 heteroatoms. The molecule has 1 fully saturated rings. The van der Waals surface area contributed by atoms with Crippen LogP contribution in [0.2, 0.25) is 0 Å². The summed E-state index contributed by atoms with van der Waals surface area (Å²) in [4.78, 5) is 8.18. The van der Waals surface area contributed by atoms with E-state index in [9.17, 15) is 4.39 Å². The van der Waals surface area contributed by atoms with E-state index in [0.29, 0.717) is 19.5 Å². The molecule has 0 saturated carbocycles. The summed E-state index contributed by atoms with van der Waals surface area (Å²) in [6, 6.07) is 9.99. The number of amidine groups is 1. The Morgan fingerprint density at radius 1 is 1.44 bits per heavy atom. The summed E-state index contributed by atoms with van der Waals surface area (Å²) >= 11 is 9.21. The standard InChI is InChI=1S/C18H25BrClFN4/c1-3-14(23-18(20)22)9-17(19)24(2)16-12-25(11-15(16)21)10-13-7-5-4-6-8-13/h4-8,15-17,22H,3,9-12H2,1-2H3/b22-18?,23-14+/t15-,16+,17?/m1/s1. The predicted molar refractivity (Wildman–Crippen MR) is 107 cm³/mol. The molecule has 1 unspecified atom stereocenters. The van der Waals surface area contributed by atoms with E-state index in [1.807, 2.05) is 37.1 Å². The van der Waals surface area contributed by atoms with Crippen LogP contribution in [0.4, 0.5) is 4.39 Å². The van der Waals surface area contributed by atoms with Crippen LogP contribution in [-0.4, -0.2) is 58.1 Å². The van der Waals surface area contributed by atoms with Gasteiger partial charge in [0.15, 0.2) is 0 Å². The maximum Gasteiger partial charge on any atom is 0.214 e. The lowest BCUT2D eigenvalue weighted by Crippen LogP contribution is -2.43. The SMILES string of the molecule is CC/C(CC(Br)N(C)[C@H]1CN(Cc2ccccc2)C[C@H]1F)=N\C(=N)Cl. The summed E-state index contributed by atoms with van der Waals surface area (Å²) in [6.07, 6.45) is 0.445. The van der Waals surface area contributed by atoms with Crippen molar-refractivity contribution >= 4 is 38.5 Å². The highest BCUT2D eigenvalue weighted by molar-refractivity contribution is 9.09. The Hall–Kier alpha value is -0.820. The number of nitrogens with zero attached hydrogens (tertiary/aromatic N) is 3. The third-order valence-corrected chi connectivity index (χ3v) is 5.63. The van der Waals surface area contributed by atoms with Gasteiger partial charge in [-0.25, -0.2) is 9.38 Å². The Kier molecular flexibility index (Phi) is 8.00. The number of benzene rings is 1. The van der Waals surface area contributed by atoms with E-state index in [4.69, 9.17) is 17.0 Å². The van der Waals surface area contributed by atoms with Crippen molar-refractivity contribution in [2.75, 3.05) is 20.1 Å². The summed E-state index contributed by atoms with van der Waals surface area (Å²) in [7, 11) is 1.93. The molecule has 3 atom stereocenters. The van der Waals surface area contributed by atoms with Gasteiger partial charge in [-0.15, -0.1) is 0 Å². The number of hydrogen-bond donors (Lipinski definition) is 1. The summed E-state index contributed by atoms with van der Waals surface area (Å²) in [5, 5.41) is 7.08. The van der Waals surface area contributed by atoms with Crippen molar-refractivity contribution < 1.29 is 4.39 Å². The lowest BCUT2D eigenvalue weighted by Gasteiger charge is -2.30. The third kappa shape index (κ3) is 6.13. The number of likely N-dealkylation sites (tertiary alicyclic amines) is 1. The van der Waals surface area contributed by atoms with Gasteiger partial charge in [0.2, 0.25) is 5.29 Å². The van der Waals surface area contributed by atoms with Gasteiger partial charge in [-0.2, -0.15) is 0 Å². The third-order valence-electron chi connectivity index (χ3n) is 4.58. The van der Waals surface area contributed by atoms with Gasteiger partial charge < -0.3 is 0 Å². The van der Waals surface area contributed by atoms with Crippen LogP contribution >= 0.6 is 27.5 Å². The van der Waals surface area contributed by atoms with Crippen molar-refractivity contribution in [2.45, 2.75) is 43.5 Å². The van der Waals surface area contributed by atoms with Crippen LogP contribution in [0.15, 0.2) is 35.3 Å². The van der Waals surface area contributed by atoms with Gasteiger partial charge in [0, 0.05) is 31.8 Å². The zero-order valence-corrected chi connectivity index (χ0v) is 17.0. The van der Waals surface area contributed by atoms with Gasteiger partial charge >= 0.3 is 0 Å². The fourth-order valence-electron chi connectivity index (χ4n) is 3.13. The molecule has 1 aliphatic rings. The first kappa shape index (κ1) is 20.5. The summed E-state index contributed by atoms with van der Waals surface area (Å²) in [5.74, 6) is 0. The van der Waals surface area contributed by atoms with Crippen molar-refractivity contribution in [3.63, 3.8) is 0 Å². The van der Waals surface area contributed by atoms with E-state index in [1.54, 1.807) is 0 Å². The zero-order valence-electron chi connectivity index (χ0n) is 14.6. The van der Waals surface area contributed by atoms with E-state index in [2.05, 4.69) is 38.0 Å². The van der Waals surface area contributed by atoms with Crippen molar-refractivity contribution in [1.82, 2.24) is 9.80 Å². The molecule has 0 spiro atoms. The second-order valence-corrected chi connectivity index (χ2v) is 7.80. The number of alkyl halides is 2. The minimum absolute atomic E-state index is 0.0397. The number of halogens is 3. The molecule has 4 nitrogen and oxygen atoms in total. The zero-order chi connectivity index (χ0) is 18.4. The first-order valence-corrected chi connectivity index (χ1v) is 9.77. The van der Waals surface area contributed by atoms with Crippen LogP contribution in [0.1, 0.15) is 25.3 Å². The smallest absolute Gasteiger partial charge is 0.214 e. The minimum Gasteiger partial charge on any atom is -0.294 e. The van der Waals surface area contributed by atoms with Crippen LogP contribution in [-0.2, 0) is 6.54 Å². The molecule has 1 N–H and O–H groups in total. The Morgan fingerprint density at radius 3 is 2.72 bits per heavy atom. The molecule has 1 heterocycles. The molecule has 0 radical (unpaired) electrons. The largest absolute Gasteiger partial charge is 0.294 e. The Balaban J connectivity index is 1.94. The predicted octanol–water partition coefficient (Wildman–Crippen LogP) is 4.28. The van der Waals surface area contributed by atoms with Crippen LogP contribution in [0, 0.1) is 5.41 Å². The number of likely N-dealkylation sites (N-methyl/N-ethyl adjacent to an activating group) is 1. The molecular formula is C18H25BrClFN4. The topological polar surface area (TPSA) is 42.7 Å². The molecule has 138 valence electrons. The maximum atomic E-state index is 14.6. The van der Waals surface area contributed by atoms with Gasteiger partial charge in [0.05, 0.1) is 11.0 Å². The minimum atomic E-state index is -0.887. The van der Waals surface area contributed by atoms with E-state index in [0.717, 1.165) is 18.7 Å². The van der Waals surface area contributed by atoms with Crippen LogP contribution < -0.4 is 0 Å². The molecule has 0 bridgehead atoms. The van der Waals surface area contributed by atoms with Crippen molar-refractivity contribution in [3.8, 4) is 0 Å². The molecule has 1 aromatic carbocycles. The maximum absolute atomic E-state index is 14.6. The Bertz CT molecular complexity index is 598. The summed E-state index contributed by atoms with van der Waals surface area (Å²) < 4.78 is 14.6. The van der Waals surface area contributed by atoms with E-state index >= 15 is 0 Å². The van der Waals surface area contributed by atoms with Gasteiger partial charge in [0.25, 0.3) is 0 Å². The summed E-state index contributed by atoms with van der Waals surface area (Å²) in [6.45, 7) is 3.89. The normalized spacial score (nSPS) is 23.2. The first-order valence-electron chi connectivity index (χ1n) is 8.47. The fraction of sp³-hybridized carbons (Fsp3) is 0.556. The Morgan fingerprint density at radius 2 is 2.12 bits per heavy atom. The monoisotopic (exact) mass is 430 g/mol. The second kappa shape index (κ2) is 9.76. The quantitative estimate of drug-likeness (QED) is 0.303. The Labute approximate surface area is 162 Å². The average Bonchev–Trinajstić information content (AvgIpc) is 2.94. The first-order chi connectivity index (χ1) is 11.9. The molecule has 0 amide bonds. The van der Waals surface area contributed by atoms with E-state index < -0.39 is 6.17 Å². The van der Waals surface area contributed by atoms with Gasteiger partial charge in [0.1, 0.15) is 6.17 Å². The number of aliphatic imine (C=N–C) groups is 1. The average molecular weight is 432 g/mol. The molecule has 2 rings (SSSR count). The molecule has 0 aliphatic carbocycles. The fourth-order valence-corrected chi connectivity index (χ4v) is 3.93. The lowest BCUT2D eigenvalue weighted by atomic mass is 10.1. The van der Waals surface area contributed by atoms with E-state index in [1.165, 1.54) is 5.56 Å². The van der Waals surface area contributed by atoms with Crippen molar-refractivity contribution in [3.05, 3.63) is 35.9 Å². The van der Waals surface area contributed by atoms with Gasteiger partial charge in [-0.1, -0.05) is 53.2 Å². The highest BCUT2D eigenvalue weighted by Gasteiger charge is 2.37. The van der Waals surface area contributed by atoms with Crippen LogP contribution in [0.5, 0.6) is 0 Å². The highest BCUT2D eigenvalue weighted by atomic mass is 79.9. The van der Waals surface area contributed by atoms with Crippen LogP contribution in [0.25, 0.3) is 0 Å². The molecule has 1 saturated heterocycles. The summed E-state index contributed by atoms with van der Waals surface area (Å²) in [5.41, 5.74) is 2.04. The van der Waals surface area contributed by atoms with Gasteiger partial charge in [-0.3, -0.25) is 15.2 Å². The second-order valence-electron chi connectivity index (χ2n) is 6.39. The van der Waals surface area contributed by atoms with Crippen LogP contribution in [0.3, 0.4) is 0 Å². The molecule has 1 aromatic rings. The molecular weight excluding hydrogens is 407 g/mol. The lowest BCUT2D eigenvalue weighted by molar-refractivity contribution is 0.166. The van der Waals surface area contributed by atoms with E-state index in [-0.39, 0.29) is 16.3 Å². The molecule has 1 aliphatic heterocycles. The van der Waals surface area contributed by atoms with Crippen molar-refractivity contribution in [1.29, 1.82) is 5.41 Å². The number of rotatable bonds is 7. The molecule has 25 heavy (non-hydrogen) atoms. The number of hydrogen-bond acceptors (Lipinski definition) is 3.